The number of aliphatic hydroxyl groups is 1. The fourth-order valence-corrected chi connectivity index (χ4v) is 1.71. The van der Waals surface area contributed by atoms with Crippen LogP contribution < -0.4 is 11.1 Å². The Morgan fingerprint density at radius 1 is 1.50 bits per heavy atom. The van der Waals surface area contributed by atoms with Crippen molar-refractivity contribution in [3.8, 4) is 0 Å². The minimum absolute atomic E-state index is 0.0797. The lowest BCUT2D eigenvalue weighted by molar-refractivity contribution is -0.126. The fourth-order valence-electron chi connectivity index (χ4n) is 1.71. The average Bonchev–Trinajstić information content (AvgIpc) is 2.30. The Kier molecular flexibility index (Phi) is 8.15. The third-order valence-corrected chi connectivity index (χ3v) is 2.90. The molecule has 0 saturated carbocycles. The second-order valence-electron chi connectivity index (χ2n) is 5.52. The van der Waals surface area contributed by atoms with Crippen molar-refractivity contribution in [3.05, 3.63) is 0 Å². The number of nitrogens with one attached hydrogen (secondary N) is 1. The van der Waals surface area contributed by atoms with Gasteiger partial charge in [0, 0.05) is 33.2 Å². The topological polar surface area (TPSA) is 84.6 Å². The summed E-state index contributed by atoms with van der Waals surface area (Å²) in [6.45, 7) is 6.84. The first-order chi connectivity index (χ1) is 8.32. The smallest absolute Gasteiger partial charge is 0.224 e. The predicted octanol–water partition coefficient (Wildman–Crippen LogP) is 0.511. The average molecular weight is 260 g/mol. The van der Waals surface area contributed by atoms with Gasteiger partial charge in [-0.3, -0.25) is 4.79 Å². The summed E-state index contributed by atoms with van der Waals surface area (Å²) in [6, 6.07) is 0. The third-order valence-electron chi connectivity index (χ3n) is 2.90. The van der Waals surface area contributed by atoms with Crippen LogP contribution in [0.2, 0.25) is 0 Å². The van der Waals surface area contributed by atoms with Gasteiger partial charge >= 0.3 is 0 Å². The van der Waals surface area contributed by atoms with Gasteiger partial charge in [0.1, 0.15) is 0 Å². The van der Waals surface area contributed by atoms with E-state index in [0.717, 1.165) is 6.42 Å². The maximum absolute atomic E-state index is 11.9. The molecule has 0 aromatic heterocycles. The van der Waals surface area contributed by atoms with Crippen molar-refractivity contribution >= 4 is 5.91 Å². The van der Waals surface area contributed by atoms with Gasteiger partial charge < -0.3 is 20.9 Å². The lowest BCUT2D eigenvalue weighted by atomic mass is 9.95. The zero-order chi connectivity index (χ0) is 14.2. The highest BCUT2D eigenvalue weighted by Gasteiger charge is 2.24. The number of ether oxygens (including phenoxy) is 1. The summed E-state index contributed by atoms with van der Waals surface area (Å²) < 4.78 is 4.91. The summed E-state index contributed by atoms with van der Waals surface area (Å²) in [5, 5.41) is 12.8. The molecule has 5 heteroatoms. The number of carbonyl (C=O) groups is 1. The second-order valence-corrected chi connectivity index (χ2v) is 5.52. The van der Waals surface area contributed by atoms with E-state index in [1.54, 1.807) is 14.0 Å². The maximum Gasteiger partial charge on any atom is 0.224 e. The van der Waals surface area contributed by atoms with E-state index in [4.69, 9.17) is 10.5 Å². The molecule has 0 saturated heterocycles. The van der Waals surface area contributed by atoms with E-state index in [9.17, 15) is 9.90 Å². The molecular weight excluding hydrogens is 232 g/mol. The van der Waals surface area contributed by atoms with Gasteiger partial charge in [0.2, 0.25) is 5.91 Å². The summed E-state index contributed by atoms with van der Waals surface area (Å²) >= 11 is 0. The summed E-state index contributed by atoms with van der Waals surface area (Å²) in [6.07, 6.45) is 1.25. The Morgan fingerprint density at radius 3 is 2.56 bits per heavy atom. The Bertz CT molecular complexity index is 242. The van der Waals surface area contributed by atoms with Gasteiger partial charge in [-0.25, -0.2) is 0 Å². The number of hydrogen-bond donors (Lipinski definition) is 3. The molecule has 0 aliphatic carbocycles. The van der Waals surface area contributed by atoms with Crippen molar-refractivity contribution in [2.24, 2.45) is 17.6 Å². The molecule has 0 aromatic rings. The molecular formula is C13H28N2O3. The van der Waals surface area contributed by atoms with Crippen LogP contribution >= 0.6 is 0 Å². The first-order valence-electron chi connectivity index (χ1n) is 6.51. The minimum Gasteiger partial charge on any atom is -0.388 e. The van der Waals surface area contributed by atoms with Gasteiger partial charge in [0.15, 0.2) is 0 Å². The zero-order valence-corrected chi connectivity index (χ0v) is 12.0. The number of nitrogens with two attached hydrogens (primary N) is 1. The van der Waals surface area contributed by atoms with Crippen LogP contribution in [0.4, 0.5) is 0 Å². The molecule has 0 aliphatic heterocycles. The Labute approximate surface area is 110 Å². The van der Waals surface area contributed by atoms with Gasteiger partial charge in [-0.05, 0) is 19.3 Å². The van der Waals surface area contributed by atoms with Crippen molar-refractivity contribution in [1.29, 1.82) is 0 Å². The molecule has 0 aliphatic rings. The zero-order valence-electron chi connectivity index (χ0n) is 12.0. The molecule has 0 rings (SSSR count). The lowest BCUT2D eigenvalue weighted by Crippen LogP contribution is -2.45. The van der Waals surface area contributed by atoms with E-state index in [2.05, 4.69) is 19.2 Å². The minimum atomic E-state index is -0.942. The van der Waals surface area contributed by atoms with Gasteiger partial charge in [-0.2, -0.15) is 0 Å². The molecule has 1 amide bonds. The molecule has 5 nitrogen and oxygen atoms in total. The van der Waals surface area contributed by atoms with Crippen LogP contribution in [0, 0.1) is 11.8 Å². The highest BCUT2D eigenvalue weighted by atomic mass is 16.5. The van der Waals surface area contributed by atoms with Gasteiger partial charge in [-0.15, -0.1) is 0 Å². The highest BCUT2D eigenvalue weighted by molar-refractivity contribution is 5.78. The maximum atomic E-state index is 11.9. The molecule has 4 N–H and O–H groups in total. The van der Waals surface area contributed by atoms with Crippen molar-refractivity contribution < 1.29 is 14.6 Å². The second kappa shape index (κ2) is 8.45. The summed E-state index contributed by atoms with van der Waals surface area (Å²) in [7, 11) is 1.59. The predicted molar refractivity (Wildman–Crippen MR) is 72.1 cm³/mol. The van der Waals surface area contributed by atoms with Crippen LogP contribution in [0.15, 0.2) is 0 Å². The number of amides is 1. The quantitative estimate of drug-likeness (QED) is 0.564. The van der Waals surface area contributed by atoms with E-state index in [0.29, 0.717) is 25.5 Å². The Morgan fingerprint density at radius 2 is 2.11 bits per heavy atom. The largest absolute Gasteiger partial charge is 0.388 e. The van der Waals surface area contributed by atoms with Crippen LogP contribution in [-0.2, 0) is 9.53 Å². The van der Waals surface area contributed by atoms with Gasteiger partial charge in [0.05, 0.1) is 11.5 Å². The van der Waals surface area contributed by atoms with Gasteiger partial charge in [0.25, 0.3) is 0 Å². The van der Waals surface area contributed by atoms with Crippen molar-refractivity contribution in [3.63, 3.8) is 0 Å². The van der Waals surface area contributed by atoms with Crippen molar-refractivity contribution in [1.82, 2.24) is 5.32 Å². The molecule has 0 spiro atoms. The molecule has 108 valence electrons. The monoisotopic (exact) mass is 260 g/mol. The molecule has 18 heavy (non-hydrogen) atoms. The van der Waals surface area contributed by atoms with Gasteiger partial charge in [-0.1, -0.05) is 13.8 Å². The standard InChI is InChI=1S/C13H28N2O3/c1-10(2)7-11(8-14)12(16)15-9-13(3,17)5-6-18-4/h10-11,17H,5-9,14H2,1-4H3,(H,15,16). The first-order valence-corrected chi connectivity index (χ1v) is 6.51. The van der Waals surface area contributed by atoms with Crippen LogP contribution in [-0.4, -0.2) is 43.4 Å². The summed E-state index contributed by atoms with van der Waals surface area (Å²) in [5.41, 5.74) is 4.66. The molecule has 0 radical (unpaired) electrons. The number of hydrogen-bond acceptors (Lipinski definition) is 4. The Hall–Kier alpha value is -0.650. The van der Waals surface area contributed by atoms with Crippen molar-refractivity contribution in [2.45, 2.75) is 39.2 Å². The van der Waals surface area contributed by atoms with E-state index in [1.807, 2.05) is 0 Å². The van der Waals surface area contributed by atoms with Crippen LogP contribution in [0.25, 0.3) is 0 Å². The molecule has 0 heterocycles. The number of methoxy groups -OCH3 is 1. The Balaban J connectivity index is 4.13. The van der Waals surface area contributed by atoms with Crippen molar-refractivity contribution in [2.75, 3.05) is 26.8 Å². The lowest BCUT2D eigenvalue weighted by Gasteiger charge is -2.25. The summed E-state index contributed by atoms with van der Waals surface area (Å²) in [4.78, 5) is 11.9. The normalized spacial score (nSPS) is 16.4. The summed E-state index contributed by atoms with van der Waals surface area (Å²) in [5.74, 6) is 0.172. The molecule has 2 unspecified atom stereocenters. The van der Waals surface area contributed by atoms with Crippen LogP contribution in [0.5, 0.6) is 0 Å². The fraction of sp³-hybridized carbons (Fsp3) is 0.923. The van der Waals surface area contributed by atoms with Crippen LogP contribution in [0.3, 0.4) is 0 Å². The molecule has 0 fully saturated rings. The van der Waals surface area contributed by atoms with E-state index < -0.39 is 5.60 Å². The first kappa shape index (κ1) is 17.4. The van der Waals surface area contributed by atoms with E-state index >= 15 is 0 Å². The highest BCUT2D eigenvalue weighted by Crippen LogP contribution is 2.12. The van der Waals surface area contributed by atoms with E-state index in [-0.39, 0.29) is 18.4 Å². The van der Waals surface area contributed by atoms with E-state index in [1.165, 1.54) is 0 Å². The SMILES string of the molecule is COCCC(C)(O)CNC(=O)C(CN)CC(C)C. The molecule has 2 atom stereocenters. The molecule has 0 aromatic carbocycles. The number of rotatable bonds is 9. The third kappa shape index (κ3) is 7.63. The number of carbonyl (C=O) groups excluding carboxylic acids is 1. The van der Waals surface area contributed by atoms with Crippen LogP contribution in [0.1, 0.15) is 33.6 Å². The molecule has 0 bridgehead atoms.